The van der Waals surface area contributed by atoms with Crippen LogP contribution in [-0.2, 0) is 16.0 Å². The van der Waals surface area contributed by atoms with Crippen molar-refractivity contribution in [3.63, 3.8) is 0 Å². The molecule has 0 aliphatic heterocycles. The normalized spacial score (nSPS) is 10.1. The summed E-state index contributed by atoms with van der Waals surface area (Å²) >= 11 is 3.36. The second kappa shape index (κ2) is 7.22. The van der Waals surface area contributed by atoms with Crippen molar-refractivity contribution in [3.8, 4) is 0 Å². The van der Waals surface area contributed by atoms with E-state index in [1.54, 1.807) is 12.1 Å². The van der Waals surface area contributed by atoms with Gasteiger partial charge in [-0.25, -0.2) is 0 Å². The molecule has 22 heavy (non-hydrogen) atoms. The monoisotopic (exact) mass is 360 g/mol. The lowest BCUT2D eigenvalue weighted by Crippen LogP contribution is -2.29. The van der Waals surface area contributed by atoms with E-state index in [2.05, 4.69) is 26.6 Å². The van der Waals surface area contributed by atoms with Crippen molar-refractivity contribution < 1.29 is 9.59 Å². The SMILES string of the molecule is CCc1ccccc1NC(=O)C(=O)Nc1ccc(Br)cc1C. The van der Waals surface area contributed by atoms with Crippen molar-refractivity contribution in [1.82, 2.24) is 0 Å². The Kier molecular flexibility index (Phi) is 5.33. The van der Waals surface area contributed by atoms with Crippen LogP contribution in [0.25, 0.3) is 0 Å². The average Bonchev–Trinajstić information content (AvgIpc) is 2.50. The number of benzene rings is 2. The summed E-state index contributed by atoms with van der Waals surface area (Å²) in [4.78, 5) is 24.0. The van der Waals surface area contributed by atoms with Gasteiger partial charge in [-0.2, -0.15) is 0 Å². The molecule has 0 aliphatic carbocycles. The second-order valence-electron chi connectivity index (χ2n) is 4.88. The van der Waals surface area contributed by atoms with E-state index in [4.69, 9.17) is 0 Å². The summed E-state index contributed by atoms with van der Waals surface area (Å²) in [5, 5.41) is 5.28. The molecule has 2 aromatic rings. The molecule has 0 atom stereocenters. The molecule has 0 radical (unpaired) electrons. The molecule has 0 aliphatic rings. The number of anilines is 2. The number of hydrogen-bond acceptors (Lipinski definition) is 2. The van der Waals surface area contributed by atoms with Gasteiger partial charge in [-0.3, -0.25) is 9.59 Å². The molecule has 0 heterocycles. The van der Waals surface area contributed by atoms with Crippen LogP contribution in [0.1, 0.15) is 18.1 Å². The minimum Gasteiger partial charge on any atom is -0.318 e. The van der Waals surface area contributed by atoms with E-state index in [0.29, 0.717) is 11.4 Å². The molecular weight excluding hydrogens is 344 g/mol. The van der Waals surface area contributed by atoms with Crippen molar-refractivity contribution in [3.05, 3.63) is 58.1 Å². The number of rotatable bonds is 3. The van der Waals surface area contributed by atoms with Crippen LogP contribution < -0.4 is 10.6 Å². The summed E-state index contributed by atoms with van der Waals surface area (Å²) < 4.78 is 0.921. The van der Waals surface area contributed by atoms with E-state index < -0.39 is 11.8 Å². The molecule has 114 valence electrons. The third-order valence-electron chi connectivity index (χ3n) is 3.29. The maximum absolute atomic E-state index is 12.0. The molecule has 5 heteroatoms. The average molecular weight is 361 g/mol. The number of aryl methyl sites for hydroxylation is 2. The Morgan fingerprint density at radius 2 is 1.64 bits per heavy atom. The third kappa shape index (κ3) is 3.95. The summed E-state index contributed by atoms with van der Waals surface area (Å²) in [6.45, 7) is 3.86. The first-order valence-corrected chi connectivity index (χ1v) is 7.77. The van der Waals surface area contributed by atoms with E-state index in [-0.39, 0.29) is 0 Å². The molecule has 2 amide bonds. The van der Waals surface area contributed by atoms with Crippen molar-refractivity contribution in [2.24, 2.45) is 0 Å². The van der Waals surface area contributed by atoms with Gasteiger partial charge in [-0.05, 0) is 48.7 Å². The summed E-state index contributed by atoms with van der Waals surface area (Å²) in [6.07, 6.45) is 0.782. The van der Waals surface area contributed by atoms with Crippen LogP contribution in [0.4, 0.5) is 11.4 Å². The van der Waals surface area contributed by atoms with Crippen LogP contribution in [-0.4, -0.2) is 11.8 Å². The highest BCUT2D eigenvalue weighted by Gasteiger charge is 2.16. The van der Waals surface area contributed by atoms with E-state index in [9.17, 15) is 9.59 Å². The minimum absolute atomic E-state index is 0.618. The van der Waals surface area contributed by atoms with Crippen LogP contribution in [0.5, 0.6) is 0 Å². The van der Waals surface area contributed by atoms with Gasteiger partial charge in [0.05, 0.1) is 0 Å². The topological polar surface area (TPSA) is 58.2 Å². The van der Waals surface area contributed by atoms with Crippen LogP contribution in [0.3, 0.4) is 0 Å². The van der Waals surface area contributed by atoms with E-state index in [1.807, 2.05) is 44.2 Å². The Morgan fingerprint density at radius 1 is 1.00 bits per heavy atom. The lowest BCUT2D eigenvalue weighted by Gasteiger charge is -2.11. The van der Waals surface area contributed by atoms with Crippen LogP contribution in [0.2, 0.25) is 0 Å². The molecule has 0 saturated heterocycles. The zero-order chi connectivity index (χ0) is 16.1. The highest BCUT2D eigenvalue weighted by atomic mass is 79.9. The summed E-state index contributed by atoms with van der Waals surface area (Å²) in [5.74, 6) is -1.36. The quantitative estimate of drug-likeness (QED) is 0.815. The van der Waals surface area contributed by atoms with Crippen LogP contribution in [0, 0.1) is 6.92 Å². The Bertz CT molecular complexity index is 714. The van der Waals surface area contributed by atoms with Gasteiger partial charge in [0.15, 0.2) is 0 Å². The fourth-order valence-corrected chi connectivity index (χ4v) is 2.55. The fourth-order valence-electron chi connectivity index (χ4n) is 2.08. The molecule has 4 nitrogen and oxygen atoms in total. The van der Waals surface area contributed by atoms with Crippen molar-refractivity contribution in [1.29, 1.82) is 0 Å². The number of nitrogens with one attached hydrogen (secondary N) is 2. The van der Waals surface area contributed by atoms with E-state index in [0.717, 1.165) is 22.0 Å². The zero-order valence-electron chi connectivity index (χ0n) is 12.4. The zero-order valence-corrected chi connectivity index (χ0v) is 14.0. The second-order valence-corrected chi connectivity index (χ2v) is 5.79. The number of amides is 2. The molecule has 0 fully saturated rings. The van der Waals surface area contributed by atoms with Crippen molar-refractivity contribution >= 4 is 39.1 Å². The smallest absolute Gasteiger partial charge is 0.314 e. The molecule has 2 rings (SSSR count). The van der Waals surface area contributed by atoms with Crippen LogP contribution >= 0.6 is 15.9 Å². The first-order chi connectivity index (χ1) is 10.5. The Hall–Kier alpha value is -2.14. The molecule has 0 spiro atoms. The molecular formula is C17H17BrN2O2. The molecule has 0 aromatic heterocycles. The fraction of sp³-hybridized carbons (Fsp3) is 0.176. The molecule has 2 N–H and O–H groups in total. The van der Waals surface area contributed by atoms with Gasteiger partial charge >= 0.3 is 11.8 Å². The molecule has 2 aromatic carbocycles. The summed E-state index contributed by atoms with van der Waals surface area (Å²) in [5.41, 5.74) is 3.15. The van der Waals surface area contributed by atoms with Crippen molar-refractivity contribution in [2.45, 2.75) is 20.3 Å². The molecule has 0 unspecified atom stereocenters. The Balaban J connectivity index is 2.08. The molecule has 0 bridgehead atoms. The van der Waals surface area contributed by atoms with Gasteiger partial charge in [-0.1, -0.05) is 41.1 Å². The number of carbonyl (C=O) groups is 2. The van der Waals surface area contributed by atoms with Gasteiger partial charge < -0.3 is 10.6 Å². The largest absolute Gasteiger partial charge is 0.318 e. The summed E-state index contributed by atoms with van der Waals surface area (Å²) in [6, 6.07) is 12.9. The Labute approximate surface area is 138 Å². The minimum atomic E-state index is -0.684. The van der Waals surface area contributed by atoms with Gasteiger partial charge in [0.25, 0.3) is 0 Å². The Morgan fingerprint density at radius 3 is 2.27 bits per heavy atom. The summed E-state index contributed by atoms with van der Waals surface area (Å²) in [7, 11) is 0. The van der Waals surface area contributed by atoms with Gasteiger partial charge in [0.1, 0.15) is 0 Å². The lowest BCUT2D eigenvalue weighted by atomic mass is 10.1. The molecule has 0 saturated carbocycles. The lowest BCUT2D eigenvalue weighted by molar-refractivity contribution is -0.133. The highest BCUT2D eigenvalue weighted by Crippen LogP contribution is 2.20. The number of halogens is 1. The van der Waals surface area contributed by atoms with E-state index in [1.165, 1.54) is 0 Å². The third-order valence-corrected chi connectivity index (χ3v) is 3.78. The van der Waals surface area contributed by atoms with Crippen molar-refractivity contribution in [2.75, 3.05) is 10.6 Å². The standard InChI is InChI=1S/C17H17BrN2O2/c1-3-12-6-4-5-7-15(12)20-17(22)16(21)19-14-9-8-13(18)10-11(14)2/h4-10H,3H2,1-2H3,(H,19,21)(H,20,22). The van der Waals surface area contributed by atoms with Gasteiger partial charge in [-0.15, -0.1) is 0 Å². The number of para-hydroxylation sites is 1. The first-order valence-electron chi connectivity index (χ1n) is 6.97. The van der Waals surface area contributed by atoms with Crippen LogP contribution in [0.15, 0.2) is 46.9 Å². The maximum atomic E-state index is 12.0. The number of hydrogen-bond donors (Lipinski definition) is 2. The number of carbonyl (C=O) groups excluding carboxylic acids is 2. The van der Waals surface area contributed by atoms with Gasteiger partial charge in [0, 0.05) is 15.8 Å². The maximum Gasteiger partial charge on any atom is 0.314 e. The van der Waals surface area contributed by atoms with E-state index >= 15 is 0 Å². The van der Waals surface area contributed by atoms with Gasteiger partial charge in [0.2, 0.25) is 0 Å². The highest BCUT2D eigenvalue weighted by molar-refractivity contribution is 9.10. The first kappa shape index (κ1) is 16.2. The predicted octanol–water partition coefficient (Wildman–Crippen LogP) is 3.90. The predicted molar refractivity (Wildman–Crippen MR) is 92.0 cm³/mol.